The number of hydrogen-bond donors (Lipinski definition) is 3. The Kier molecular flexibility index (Phi) is 3.68. The fourth-order valence-corrected chi connectivity index (χ4v) is 1.96. The third-order valence-electron chi connectivity index (χ3n) is 3.35. The van der Waals surface area contributed by atoms with Gasteiger partial charge in [0, 0.05) is 30.7 Å². The van der Waals surface area contributed by atoms with E-state index in [1.165, 1.54) is 11.1 Å². The lowest BCUT2D eigenvalue weighted by Gasteiger charge is -2.25. The predicted molar refractivity (Wildman–Crippen MR) is 73.4 cm³/mol. The van der Waals surface area contributed by atoms with E-state index >= 15 is 0 Å². The molecule has 1 aliphatic heterocycles. The van der Waals surface area contributed by atoms with Crippen molar-refractivity contribution in [2.24, 2.45) is 5.73 Å². The van der Waals surface area contributed by atoms with Gasteiger partial charge in [0.2, 0.25) is 5.91 Å². The number of aryl methyl sites for hydroxylation is 1. The van der Waals surface area contributed by atoms with Gasteiger partial charge in [0.05, 0.1) is 0 Å². The molecule has 0 atom stereocenters. The third-order valence-corrected chi connectivity index (χ3v) is 3.35. The van der Waals surface area contributed by atoms with Crippen LogP contribution < -0.4 is 16.4 Å². The Morgan fingerprint density at radius 3 is 2.89 bits per heavy atom. The number of anilines is 1. The molecule has 0 unspecified atom stereocenters. The van der Waals surface area contributed by atoms with Gasteiger partial charge in [0.15, 0.2) is 0 Å². The molecule has 0 spiro atoms. The van der Waals surface area contributed by atoms with Crippen molar-refractivity contribution in [3.05, 3.63) is 29.3 Å². The van der Waals surface area contributed by atoms with Crippen molar-refractivity contribution in [2.75, 3.05) is 11.9 Å². The highest BCUT2D eigenvalue weighted by atomic mass is 16.1. The molecule has 18 heavy (non-hydrogen) atoms. The first kappa shape index (κ1) is 13.1. The van der Waals surface area contributed by atoms with Gasteiger partial charge in [0.1, 0.15) is 0 Å². The Morgan fingerprint density at radius 2 is 2.17 bits per heavy atom. The lowest BCUT2D eigenvalue weighted by atomic mass is 9.99. The van der Waals surface area contributed by atoms with Crippen molar-refractivity contribution >= 4 is 11.6 Å². The topological polar surface area (TPSA) is 67.1 Å². The lowest BCUT2D eigenvalue weighted by Crippen LogP contribution is -2.45. The van der Waals surface area contributed by atoms with E-state index in [0.717, 1.165) is 18.7 Å². The van der Waals surface area contributed by atoms with Crippen LogP contribution in [0.4, 0.5) is 5.69 Å². The van der Waals surface area contributed by atoms with Crippen LogP contribution in [0, 0.1) is 0 Å². The van der Waals surface area contributed by atoms with Gasteiger partial charge in [-0.1, -0.05) is 12.1 Å². The van der Waals surface area contributed by atoms with Crippen LogP contribution in [-0.4, -0.2) is 18.0 Å². The monoisotopic (exact) mass is 247 g/mol. The first-order chi connectivity index (χ1) is 8.50. The Bertz CT molecular complexity index is 454. The standard InChI is InChI=1S/C14H21N3O/c1-14(2,9-15)16-8-10-3-5-12-11(7-10)4-6-13(18)17-12/h3,5,7,16H,4,6,8-9,15H2,1-2H3,(H,17,18). The van der Waals surface area contributed by atoms with E-state index in [-0.39, 0.29) is 11.4 Å². The van der Waals surface area contributed by atoms with Crippen molar-refractivity contribution in [1.29, 1.82) is 0 Å². The highest BCUT2D eigenvalue weighted by Crippen LogP contribution is 2.23. The maximum atomic E-state index is 11.3. The van der Waals surface area contributed by atoms with E-state index in [9.17, 15) is 4.79 Å². The molecule has 2 rings (SSSR count). The van der Waals surface area contributed by atoms with Crippen molar-refractivity contribution in [3.8, 4) is 0 Å². The van der Waals surface area contributed by atoms with Gasteiger partial charge in [0.25, 0.3) is 0 Å². The molecule has 0 bridgehead atoms. The second-order valence-corrected chi connectivity index (χ2v) is 5.48. The summed E-state index contributed by atoms with van der Waals surface area (Å²) in [5.41, 5.74) is 9.04. The molecule has 1 aromatic carbocycles. The molecular formula is C14H21N3O. The summed E-state index contributed by atoms with van der Waals surface area (Å²) in [6.45, 7) is 5.58. The molecule has 0 aromatic heterocycles. The first-order valence-electron chi connectivity index (χ1n) is 6.37. The molecule has 1 aromatic rings. The molecule has 0 saturated carbocycles. The van der Waals surface area contributed by atoms with Crippen LogP contribution >= 0.6 is 0 Å². The van der Waals surface area contributed by atoms with Crippen molar-refractivity contribution in [1.82, 2.24) is 5.32 Å². The van der Waals surface area contributed by atoms with Gasteiger partial charge in [-0.05, 0) is 37.5 Å². The zero-order valence-corrected chi connectivity index (χ0v) is 11.0. The number of carbonyl (C=O) groups is 1. The van der Waals surface area contributed by atoms with Crippen LogP contribution in [-0.2, 0) is 17.8 Å². The summed E-state index contributed by atoms with van der Waals surface area (Å²) >= 11 is 0. The summed E-state index contributed by atoms with van der Waals surface area (Å²) in [5.74, 6) is 0.109. The Morgan fingerprint density at radius 1 is 1.39 bits per heavy atom. The van der Waals surface area contributed by atoms with Crippen LogP contribution in [0.15, 0.2) is 18.2 Å². The number of rotatable bonds is 4. The van der Waals surface area contributed by atoms with Gasteiger partial charge in [-0.25, -0.2) is 0 Å². The van der Waals surface area contributed by atoms with Crippen molar-refractivity contribution in [3.63, 3.8) is 0 Å². The third kappa shape index (κ3) is 3.09. The molecule has 98 valence electrons. The van der Waals surface area contributed by atoms with Crippen molar-refractivity contribution < 1.29 is 4.79 Å². The zero-order valence-electron chi connectivity index (χ0n) is 11.0. The largest absolute Gasteiger partial charge is 0.329 e. The van der Waals surface area contributed by atoms with E-state index in [4.69, 9.17) is 5.73 Å². The van der Waals surface area contributed by atoms with Gasteiger partial charge in [-0.15, -0.1) is 0 Å². The van der Waals surface area contributed by atoms with Crippen molar-refractivity contribution in [2.45, 2.75) is 38.8 Å². The number of fused-ring (bicyclic) bond motifs is 1. The Balaban J connectivity index is 2.05. The van der Waals surface area contributed by atoms with E-state index in [2.05, 4.69) is 30.5 Å². The fraction of sp³-hybridized carbons (Fsp3) is 0.500. The van der Waals surface area contributed by atoms with E-state index in [1.54, 1.807) is 0 Å². The highest BCUT2D eigenvalue weighted by Gasteiger charge is 2.16. The lowest BCUT2D eigenvalue weighted by molar-refractivity contribution is -0.116. The molecule has 1 aliphatic rings. The van der Waals surface area contributed by atoms with Crippen LogP contribution in [0.5, 0.6) is 0 Å². The summed E-state index contributed by atoms with van der Waals surface area (Å²) in [7, 11) is 0. The molecule has 0 aliphatic carbocycles. The minimum Gasteiger partial charge on any atom is -0.329 e. The summed E-state index contributed by atoms with van der Waals surface area (Å²) in [6.07, 6.45) is 1.41. The van der Waals surface area contributed by atoms with E-state index < -0.39 is 0 Å². The normalized spacial score (nSPS) is 15.2. The summed E-state index contributed by atoms with van der Waals surface area (Å²) in [6, 6.07) is 6.19. The van der Waals surface area contributed by atoms with Gasteiger partial charge in [-0.2, -0.15) is 0 Å². The van der Waals surface area contributed by atoms with Gasteiger partial charge >= 0.3 is 0 Å². The molecule has 4 nitrogen and oxygen atoms in total. The molecule has 0 radical (unpaired) electrons. The minimum atomic E-state index is -0.0515. The molecule has 1 amide bonds. The summed E-state index contributed by atoms with van der Waals surface area (Å²) < 4.78 is 0. The molecule has 0 saturated heterocycles. The van der Waals surface area contributed by atoms with Crippen LogP contribution in [0.25, 0.3) is 0 Å². The van der Waals surface area contributed by atoms with Crippen LogP contribution in [0.2, 0.25) is 0 Å². The molecule has 0 fully saturated rings. The van der Waals surface area contributed by atoms with Crippen LogP contribution in [0.1, 0.15) is 31.4 Å². The summed E-state index contributed by atoms with van der Waals surface area (Å²) in [4.78, 5) is 11.3. The second-order valence-electron chi connectivity index (χ2n) is 5.48. The molecule has 4 N–H and O–H groups in total. The quantitative estimate of drug-likeness (QED) is 0.753. The van der Waals surface area contributed by atoms with Gasteiger partial charge < -0.3 is 16.4 Å². The zero-order chi connectivity index (χ0) is 13.2. The number of nitrogens with one attached hydrogen (secondary N) is 2. The smallest absolute Gasteiger partial charge is 0.224 e. The number of hydrogen-bond acceptors (Lipinski definition) is 3. The molecular weight excluding hydrogens is 226 g/mol. The number of benzene rings is 1. The average molecular weight is 247 g/mol. The summed E-state index contributed by atoms with van der Waals surface area (Å²) in [5, 5.41) is 6.32. The number of amides is 1. The second kappa shape index (κ2) is 5.08. The first-order valence-corrected chi connectivity index (χ1v) is 6.37. The predicted octanol–water partition coefficient (Wildman–Crippen LogP) is 1.40. The highest BCUT2D eigenvalue weighted by molar-refractivity contribution is 5.93. The van der Waals surface area contributed by atoms with E-state index in [1.807, 2.05) is 12.1 Å². The van der Waals surface area contributed by atoms with Crippen LogP contribution in [0.3, 0.4) is 0 Å². The Hall–Kier alpha value is -1.39. The van der Waals surface area contributed by atoms with E-state index in [0.29, 0.717) is 13.0 Å². The minimum absolute atomic E-state index is 0.0515. The maximum Gasteiger partial charge on any atom is 0.224 e. The molecule has 1 heterocycles. The number of nitrogens with two attached hydrogens (primary N) is 1. The average Bonchev–Trinajstić information content (AvgIpc) is 2.36. The molecule has 4 heteroatoms. The SMILES string of the molecule is CC(C)(CN)NCc1ccc2c(c1)CCC(=O)N2. The number of carbonyl (C=O) groups excluding carboxylic acids is 1. The Labute approximate surface area is 108 Å². The maximum absolute atomic E-state index is 11.3. The fourth-order valence-electron chi connectivity index (χ4n) is 1.96. The van der Waals surface area contributed by atoms with Gasteiger partial charge in [-0.3, -0.25) is 4.79 Å².